The molecule has 1 aliphatic heterocycles. The minimum Gasteiger partial charge on any atom is -0.472 e. The smallest absolute Gasteiger partial charge is 0.254 e. The van der Waals surface area contributed by atoms with Gasteiger partial charge in [-0.15, -0.1) is 0 Å². The summed E-state index contributed by atoms with van der Waals surface area (Å²) in [6.07, 6.45) is 2.43. The summed E-state index contributed by atoms with van der Waals surface area (Å²) in [4.78, 5) is 2.32. The normalized spacial score (nSPS) is 19.2. The van der Waals surface area contributed by atoms with Crippen molar-refractivity contribution >= 4 is 0 Å². The van der Waals surface area contributed by atoms with Gasteiger partial charge in [0.05, 0.1) is 0 Å². The van der Waals surface area contributed by atoms with Crippen LogP contribution >= 0.6 is 0 Å². The second kappa shape index (κ2) is 4.87. The Kier molecular flexibility index (Phi) is 3.49. The maximum atomic E-state index is 5.80. The minimum atomic E-state index is 0.293. The van der Waals surface area contributed by atoms with Crippen LogP contribution in [0.15, 0.2) is 10.6 Å². The van der Waals surface area contributed by atoms with Crippen LogP contribution in [0.5, 0.6) is 5.88 Å². The Morgan fingerprint density at radius 1 is 1.44 bits per heavy atom. The molecule has 1 aliphatic rings. The monoisotopic (exact) mass is 224 g/mol. The van der Waals surface area contributed by atoms with E-state index in [1.807, 2.05) is 6.07 Å². The van der Waals surface area contributed by atoms with Crippen LogP contribution in [0.1, 0.15) is 38.4 Å². The summed E-state index contributed by atoms with van der Waals surface area (Å²) in [6, 6.07) is 1.91. The largest absolute Gasteiger partial charge is 0.472 e. The highest BCUT2D eigenvalue weighted by Gasteiger charge is 2.19. The van der Waals surface area contributed by atoms with Crippen molar-refractivity contribution in [1.29, 1.82) is 0 Å². The van der Waals surface area contributed by atoms with Crippen LogP contribution in [-0.4, -0.2) is 36.3 Å². The lowest BCUT2D eigenvalue weighted by molar-refractivity contribution is 0.106. The number of hydrogen-bond acceptors (Lipinski definition) is 4. The van der Waals surface area contributed by atoms with E-state index in [1.165, 1.54) is 0 Å². The van der Waals surface area contributed by atoms with E-state index >= 15 is 0 Å². The van der Waals surface area contributed by atoms with E-state index in [0.717, 1.165) is 31.7 Å². The van der Waals surface area contributed by atoms with E-state index in [4.69, 9.17) is 9.26 Å². The number of rotatable bonds is 3. The van der Waals surface area contributed by atoms with Crippen LogP contribution in [0.3, 0.4) is 0 Å². The SMILES string of the molecule is CC(C)c1cc(OC2CCN(C)CC2)no1. The molecule has 0 aliphatic carbocycles. The first kappa shape index (κ1) is 11.5. The fraction of sp³-hybridized carbons (Fsp3) is 0.750. The lowest BCUT2D eigenvalue weighted by Gasteiger charge is -2.28. The average molecular weight is 224 g/mol. The van der Waals surface area contributed by atoms with Crippen molar-refractivity contribution in [3.05, 3.63) is 11.8 Å². The number of aromatic nitrogens is 1. The Morgan fingerprint density at radius 3 is 2.69 bits per heavy atom. The van der Waals surface area contributed by atoms with Crippen molar-refractivity contribution in [3.8, 4) is 5.88 Å². The van der Waals surface area contributed by atoms with Gasteiger partial charge in [0, 0.05) is 25.1 Å². The second-order valence-corrected chi connectivity index (χ2v) is 4.84. The fourth-order valence-corrected chi connectivity index (χ4v) is 1.87. The lowest BCUT2D eigenvalue weighted by atomic mass is 10.1. The average Bonchev–Trinajstić information content (AvgIpc) is 2.70. The van der Waals surface area contributed by atoms with Crippen LogP contribution < -0.4 is 4.74 Å². The summed E-state index contributed by atoms with van der Waals surface area (Å²) in [7, 11) is 2.14. The van der Waals surface area contributed by atoms with Crippen molar-refractivity contribution in [2.24, 2.45) is 0 Å². The molecule has 4 nitrogen and oxygen atoms in total. The molecule has 4 heteroatoms. The molecule has 1 fully saturated rings. The van der Waals surface area contributed by atoms with E-state index < -0.39 is 0 Å². The summed E-state index contributed by atoms with van der Waals surface area (Å²) in [5.74, 6) is 1.89. The highest BCUT2D eigenvalue weighted by atomic mass is 16.5. The molecule has 0 aromatic carbocycles. The van der Waals surface area contributed by atoms with Crippen molar-refractivity contribution in [3.63, 3.8) is 0 Å². The van der Waals surface area contributed by atoms with Gasteiger partial charge in [-0.25, -0.2) is 0 Å². The molecular weight excluding hydrogens is 204 g/mol. The van der Waals surface area contributed by atoms with Crippen molar-refractivity contribution in [1.82, 2.24) is 10.1 Å². The zero-order valence-electron chi connectivity index (χ0n) is 10.3. The molecule has 1 aromatic rings. The number of nitrogens with zero attached hydrogens (tertiary/aromatic N) is 2. The Balaban J connectivity index is 1.88. The van der Waals surface area contributed by atoms with Gasteiger partial charge in [0.25, 0.3) is 5.88 Å². The molecule has 2 rings (SSSR count). The van der Waals surface area contributed by atoms with Crippen LogP contribution in [0.4, 0.5) is 0 Å². The molecule has 0 N–H and O–H groups in total. The standard InChI is InChI=1S/C12H20N2O2/c1-9(2)11-8-12(13-16-11)15-10-4-6-14(3)7-5-10/h8-10H,4-7H2,1-3H3. The van der Waals surface area contributed by atoms with Gasteiger partial charge in [0.2, 0.25) is 0 Å². The molecule has 0 atom stereocenters. The number of piperidine rings is 1. The summed E-state index contributed by atoms with van der Waals surface area (Å²) >= 11 is 0. The van der Waals surface area contributed by atoms with Crippen molar-refractivity contribution in [2.75, 3.05) is 20.1 Å². The van der Waals surface area contributed by atoms with E-state index in [0.29, 0.717) is 17.9 Å². The van der Waals surface area contributed by atoms with Crippen LogP contribution in [0, 0.1) is 0 Å². The van der Waals surface area contributed by atoms with Crippen molar-refractivity contribution in [2.45, 2.75) is 38.7 Å². The predicted molar refractivity (Wildman–Crippen MR) is 61.7 cm³/mol. The molecule has 2 heterocycles. The van der Waals surface area contributed by atoms with Crippen LogP contribution in [0.25, 0.3) is 0 Å². The highest BCUT2D eigenvalue weighted by Crippen LogP contribution is 2.22. The molecule has 0 amide bonds. The summed E-state index contributed by atoms with van der Waals surface area (Å²) in [6.45, 7) is 6.36. The van der Waals surface area contributed by atoms with Gasteiger partial charge in [-0.1, -0.05) is 13.8 Å². The maximum Gasteiger partial charge on any atom is 0.254 e. The lowest BCUT2D eigenvalue weighted by Crippen LogP contribution is -2.35. The number of ether oxygens (including phenoxy) is 1. The number of likely N-dealkylation sites (tertiary alicyclic amines) is 1. The van der Waals surface area contributed by atoms with Gasteiger partial charge in [-0.05, 0) is 25.0 Å². The van der Waals surface area contributed by atoms with Crippen molar-refractivity contribution < 1.29 is 9.26 Å². The molecule has 90 valence electrons. The first-order valence-corrected chi connectivity index (χ1v) is 5.97. The third-order valence-corrected chi connectivity index (χ3v) is 3.03. The van der Waals surface area contributed by atoms with Gasteiger partial charge in [-0.2, -0.15) is 0 Å². The van der Waals surface area contributed by atoms with Gasteiger partial charge >= 0.3 is 0 Å². The molecule has 0 spiro atoms. The Morgan fingerprint density at radius 2 is 2.12 bits per heavy atom. The van der Waals surface area contributed by atoms with Gasteiger partial charge in [0.1, 0.15) is 11.9 Å². The molecule has 16 heavy (non-hydrogen) atoms. The first-order valence-electron chi connectivity index (χ1n) is 5.97. The molecule has 1 aromatic heterocycles. The Hall–Kier alpha value is -1.03. The molecule has 0 radical (unpaired) electrons. The summed E-state index contributed by atoms with van der Waals surface area (Å²) in [5, 5.41) is 3.94. The summed E-state index contributed by atoms with van der Waals surface area (Å²) in [5.41, 5.74) is 0. The zero-order valence-corrected chi connectivity index (χ0v) is 10.3. The Labute approximate surface area is 96.5 Å². The highest BCUT2D eigenvalue weighted by molar-refractivity contribution is 5.13. The fourth-order valence-electron chi connectivity index (χ4n) is 1.87. The van der Waals surface area contributed by atoms with Gasteiger partial charge < -0.3 is 14.2 Å². The maximum absolute atomic E-state index is 5.80. The molecule has 0 saturated carbocycles. The predicted octanol–water partition coefficient (Wildman–Crippen LogP) is 2.27. The van der Waals surface area contributed by atoms with Crippen LogP contribution in [-0.2, 0) is 0 Å². The Bertz CT molecular complexity index is 328. The first-order chi connectivity index (χ1) is 7.65. The third-order valence-electron chi connectivity index (χ3n) is 3.03. The number of hydrogen-bond donors (Lipinski definition) is 0. The van der Waals surface area contributed by atoms with E-state index in [9.17, 15) is 0 Å². The van der Waals surface area contributed by atoms with Crippen LogP contribution in [0.2, 0.25) is 0 Å². The zero-order chi connectivity index (χ0) is 11.5. The molecule has 1 saturated heterocycles. The van der Waals surface area contributed by atoms with E-state index in [1.54, 1.807) is 0 Å². The quantitative estimate of drug-likeness (QED) is 0.789. The molecule has 0 unspecified atom stereocenters. The van der Waals surface area contributed by atoms with Gasteiger partial charge in [0.15, 0.2) is 0 Å². The topological polar surface area (TPSA) is 38.5 Å². The minimum absolute atomic E-state index is 0.293. The van der Waals surface area contributed by atoms with Gasteiger partial charge in [-0.3, -0.25) is 0 Å². The second-order valence-electron chi connectivity index (χ2n) is 4.84. The summed E-state index contributed by atoms with van der Waals surface area (Å²) < 4.78 is 11.0. The van der Waals surface area contributed by atoms with E-state index in [2.05, 4.69) is 31.0 Å². The molecule has 0 bridgehead atoms. The van der Waals surface area contributed by atoms with E-state index in [-0.39, 0.29) is 0 Å². The third kappa shape index (κ3) is 2.76. The molecular formula is C12H20N2O2.